The van der Waals surface area contributed by atoms with E-state index in [-0.39, 0.29) is 24.7 Å². The highest BCUT2D eigenvalue weighted by Gasteiger charge is 2.16. The van der Waals surface area contributed by atoms with Gasteiger partial charge in [0.25, 0.3) is 0 Å². The van der Waals surface area contributed by atoms with Gasteiger partial charge in [-0.3, -0.25) is 4.99 Å². The van der Waals surface area contributed by atoms with Gasteiger partial charge >= 0.3 is 5.97 Å². The van der Waals surface area contributed by atoms with Crippen LogP contribution in [0.25, 0.3) is 0 Å². The summed E-state index contributed by atoms with van der Waals surface area (Å²) < 4.78 is 17.8. The monoisotopic (exact) mass is 252 g/mol. The second-order valence-electron chi connectivity index (χ2n) is 3.84. The van der Waals surface area contributed by atoms with Crippen molar-refractivity contribution in [2.45, 2.75) is 26.4 Å². The molecule has 0 saturated heterocycles. The van der Waals surface area contributed by atoms with Gasteiger partial charge in [0, 0.05) is 0 Å². The first-order chi connectivity index (χ1) is 8.54. The van der Waals surface area contributed by atoms with E-state index in [4.69, 9.17) is 10.5 Å². The number of hydrogen-bond donors (Lipinski definition) is 1. The molecule has 0 bridgehead atoms. The van der Waals surface area contributed by atoms with Gasteiger partial charge in [0.15, 0.2) is 0 Å². The molecule has 0 aliphatic heterocycles. The molecule has 1 aromatic rings. The minimum absolute atomic E-state index is 0.168. The third-order valence-electron chi connectivity index (χ3n) is 2.24. The zero-order chi connectivity index (χ0) is 13.5. The maximum absolute atomic E-state index is 13.0. The molecule has 0 aliphatic carbocycles. The highest BCUT2D eigenvalue weighted by molar-refractivity contribution is 6.38. The van der Waals surface area contributed by atoms with Crippen molar-refractivity contribution in [2.75, 3.05) is 6.61 Å². The summed E-state index contributed by atoms with van der Waals surface area (Å²) in [5, 5.41) is 0. The van der Waals surface area contributed by atoms with Crippen molar-refractivity contribution >= 4 is 11.7 Å². The smallest absolute Gasteiger partial charge is 0.353 e. The van der Waals surface area contributed by atoms with Gasteiger partial charge in [-0.1, -0.05) is 12.1 Å². The van der Waals surface area contributed by atoms with Crippen molar-refractivity contribution in [3.05, 3.63) is 35.6 Å². The zero-order valence-electron chi connectivity index (χ0n) is 10.5. The summed E-state index contributed by atoms with van der Waals surface area (Å²) in [5.41, 5.74) is 6.50. The van der Waals surface area contributed by atoms with Crippen molar-refractivity contribution < 1.29 is 13.9 Å². The molecule has 1 rings (SSSR count). The van der Waals surface area contributed by atoms with E-state index in [1.165, 1.54) is 12.1 Å². The Labute approximate surface area is 106 Å². The summed E-state index contributed by atoms with van der Waals surface area (Å²) in [6.45, 7) is 3.84. The first kappa shape index (κ1) is 14.3. The van der Waals surface area contributed by atoms with Gasteiger partial charge in [0.1, 0.15) is 11.5 Å². The van der Waals surface area contributed by atoms with Crippen LogP contribution in [-0.4, -0.2) is 24.3 Å². The van der Waals surface area contributed by atoms with E-state index in [1.54, 1.807) is 26.0 Å². The number of rotatable bonds is 5. The summed E-state index contributed by atoms with van der Waals surface area (Å²) in [6, 6.07) is 5.53. The van der Waals surface area contributed by atoms with Gasteiger partial charge in [0.05, 0.1) is 19.2 Å². The van der Waals surface area contributed by atoms with Gasteiger partial charge in [-0.2, -0.15) is 0 Å². The number of ether oxygens (including phenoxy) is 1. The molecule has 1 aromatic carbocycles. The van der Waals surface area contributed by atoms with Gasteiger partial charge in [-0.15, -0.1) is 0 Å². The third kappa shape index (κ3) is 4.25. The molecule has 0 spiro atoms. The Balaban J connectivity index is 2.80. The van der Waals surface area contributed by atoms with E-state index >= 15 is 0 Å². The second kappa shape index (κ2) is 6.86. The fraction of sp³-hybridized carbons (Fsp3) is 0.385. The molecule has 4 nitrogen and oxygen atoms in total. The van der Waals surface area contributed by atoms with Crippen LogP contribution in [0.2, 0.25) is 0 Å². The van der Waals surface area contributed by atoms with Crippen molar-refractivity contribution in [1.29, 1.82) is 0 Å². The number of nitrogens with two attached hydrogens (primary N) is 1. The Kier molecular flexibility index (Phi) is 5.45. The molecule has 2 N–H and O–H groups in total. The lowest BCUT2D eigenvalue weighted by Gasteiger charge is -2.09. The quantitative estimate of drug-likeness (QED) is 0.640. The molecular formula is C13H17FN2O2. The Hall–Kier alpha value is -1.75. The number of benzene rings is 1. The number of esters is 1. The molecule has 0 heterocycles. The summed E-state index contributed by atoms with van der Waals surface area (Å²) in [4.78, 5) is 15.7. The molecule has 1 atom stereocenters. The van der Waals surface area contributed by atoms with Crippen LogP contribution in [0.15, 0.2) is 29.3 Å². The minimum Gasteiger partial charge on any atom is -0.461 e. The van der Waals surface area contributed by atoms with Crippen molar-refractivity contribution in [3.8, 4) is 0 Å². The Morgan fingerprint density at radius 1 is 1.56 bits per heavy atom. The molecule has 0 saturated carbocycles. The normalized spacial score (nSPS) is 13.2. The Morgan fingerprint density at radius 2 is 2.28 bits per heavy atom. The lowest BCUT2D eigenvalue weighted by molar-refractivity contribution is -0.135. The number of aliphatic imine (C=N–C) groups is 1. The predicted molar refractivity (Wildman–Crippen MR) is 67.8 cm³/mol. The largest absolute Gasteiger partial charge is 0.461 e. The van der Waals surface area contributed by atoms with E-state index in [2.05, 4.69) is 4.99 Å². The average molecular weight is 252 g/mol. The number of halogens is 1. The number of hydrogen-bond acceptors (Lipinski definition) is 4. The van der Waals surface area contributed by atoms with Gasteiger partial charge < -0.3 is 10.5 Å². The third-order valence-corrected chi connectivity index (χ3v) is 2.24. The fourth-order valence-electron chi connectivity index (χ4n) is 1.41. The first-order valence-electron chi connectivity index (χ1n) is 5.76. The molecule has 5 heteroatoms. The van der Waals surface area contributed by atoms with E-state index in [0.717, 1.165) is 0 Å². The van der Waals surface area contributed by atoms with E-state index in [1.807, 2.05) is 0 Å². The van der Waals surface area contributed by atoms with Gasteiger partial charge in [0.2, 0.25) is 0 Å². The molecule has 0 fully saturated rings. The zero-order valence-corrected chi connectivity index (χ0v) is 10.5. The summed E-state index contributed by atoms with van der Waals surface area (Å²) in [5.74, 6) is -0.856. The van der Waals surface area contributed by atoms with E-state index in [0.29, 0.717) is 5.56 Å². The lowest BCUT2D eigenvalue weighted by atomic mass is 10.2. The SMILES string of the molecule is CCOC(=O)C(=NCc1cccc(F)c1)C(C)N. The number of carbonyl (C=O) groups is 1. The van der Waals surface area contributed by atoms with Crippen LogP contribution in [0.1, 0.15) is 19.4 Å². The topological polar surface area (TPSA) is 64.7 Å². The highest BCUT2D eigenvalue weighted by atomic mass is 19.1. The molecule has 0 aromatic heterocycles. The molecule has 0 aliphatic rings. The van der Waals surface area contributed by atoms with Gasteiger partial charge in [-0.05, 0) is 31.5 Å². The van der Waals surface area contributed by atoms with E-state index in [9.17, 15) is 9.18 Å². The molecule has 0 amide bonds. The van der Waals surface area contributed by atoms with Crippen LogP contribution in [0.3, 0.4) is 0 Å². The molecule has 0 radical (unpaired) electrons. The van der Waals surface area contributed by atoms with Crippen LogP contribution in [0.4, 0.5) is 4.39 Å². The van der Waals surface area contributed by atoms with Crippen LogP contribution in [0.5, 0.6) is 0 Å². The average Bonchev–Trinajstić information content (AvgIpc) is 2.29. The molecule has 98 valence electrons. The second-order valence-corrected chi connectivity index (χ2v) is 3.84. The van der Waals surface area contributed by atoms with Crippen molar-refractivity contribution in [3.63, 3.8) is 0 Å². The maximum Gasteiger partial charge on any atom is 0.353 e. The molecule has 18 heavy (non-hydrogen) atoms. The van der Waals surface area contributed by atoms with Gasteiger partial charge in [-0.25, -0.2) is 9.18 Å². The molecule has 1 unspecified atom stereocenters. The Bertz CT molecular complexity index is 444. The maximum atomic E-state index is 13.0. The van der Waals surface area contributed by atoms with Crippen LogP contribution in [0, 0.1) is 5.82 Å². The molecular weight excluding hydrogens is 235 g/mol. The van der Waals surface area contributed by atoms with Crippen LogP contribution < -0.4 is 5.73 Å². The first-order valence-corrected chi connectivity index (χ1v) is 5.76. The van der Waals surface area contributed by atoms with Crippen molar-refractivity contribution in [2.24, 2.45) is 10.7 Å². The van der Waals surface area contributed by atoms with E-state index < -0.39 is 12.0 Å². The van der Waals surface area contributed by atoms with Crippen LogP contribution >= 0.6 is 0 Å². The lowest BCUT2D eigenvalue weighted by Crippen LogP contribution is -2.34. The number of carbonyl (C=O) groups excluding carboxylic acids is 1. The number of nitrogens with zero attached hydrogens (tertiary/aromatic N) is 1. The minimum atomic E-state index is -0.524. The van der Waals surface area contributed by atoms with Crippen LogP contribution in [-0.2, 0) is 16.1 Å². The van der Waals surface area contributed by atoms with Crippen molar-refractivity contribution in [1.82, 2.24) is 0 Å². The highest BCUT2D eigenvalue weighted by Crippen LogP contribution is 2.05. The summed E-state index contributed by atoms with van der Waals surface area (Å²) in [7, 11) is 0. The Morgan fingerprint density at radius 3 is 2.83 bits per heavy atom. The summed E-state index contributed by atoms with van der Waals surface area (Å²) >= 11 is 0. The summed E-state index contributed by atoms with van der Waals surface area (Å²) in [6.07, 6.45) is 0. The standard InChI is InChI=1S/C13H17FN2O2/c1-3-18-13(17)12(9(2)15)16-8-10-5-4-6-11(14)7-10/h4-7,9H,3,8,15H2,1-2H3. The predicted octanol–water partition coefficient (Wildman–Crippen LogP) is 1.68. The fourth-order valence-corrected chi connectivity index (χ4v) is 1.41.